The second kappa shape index (κ2) is 19.6. The number of aromatic nitrogens is 1. The van der Waals surface area contributed by atoms with Crippen LogP contribution in [0.3, 0.4) is 0 Å². The lowest BCUT2D eigenvalue weighted by Crippen LogP contribution is -2.28. The molecule has 2 aliphatic heterocycles. The second-order valence-corrected chi connectivity index (χ2v) is 23.0. The van der Waals surface area contributed by atoms with Crippen LogP contribution in [0.5, 0.6) is 5.88 Å². The fourth-order valence-corrected chi connectivity index (χ4v) is 11.3. The first kappa shape index (κ1) is 51.5. The average molecular weight is 1000 g/mol. The van der Waals surface area contributed by atoms with Gasteiger partial charge >= 0.3 is 0 Å². The molecule has 6 rings (SSSR count). The van der Waals surface area contributed by atoms with Gasteiger partial charge in [-0.15, -0.1) is 4.33 Å². The summed E-state index contributed by atoms with van der Waals surface area (Å²) in [6.07, 6.45) is 9.51. The number of pyridine rings is 1. The Morgan fingerprint density at radius 3 is 2.18 bits per heavy atom. The maximum absolute atomic E-state index is 13.2. The minimum absolute atomic E-state index is 0.133. The molecule has 0 spiro atoms. The molecule has 3 aliphatic rings. The van der Waals surface area contributed by atoms with Gasteiger partial charge in [0.05, 0.1) is 33.9 Å². The van der Waals surface area contributed by atoms with E-state index >= 15 is 0 Å². The number of aromatic hydroxyl groups is 1. The van der Waals surface area contributed by atoms with Crippen molar-refractivity contribution in [1.82, 2.24) is 4.57 Å². The van der Waals surface area contributed by atoms with Gasteiger partial charge in [0, 0.05) is 65.0 Å². The highest BCUT2D eigenvalue weighted by Gasteiger charge is 2.45. The van der Waals surface area contributed by atoms with Crippen molar-refractivity contribution in [3.05, 3.63) is 116 Å². The molecule has 3 heterocycles. The molecular formula is C45H53N4O14S4+. The van der Waals surface area contributed by atoms with Crippen molar-refractivity contribution in [2.24, 2.45) is 7.05 Å². The number of unbranched alkanes of at least 4 members (excludes halogenated alkanes) is 2. The fourth-order valence-electron chi connectivity index (χ4n) is 9.22. The molecule has 0 amide bonds. The highest BCUT2D eigenvalue weighted by Crippen LogP contribution is 2.50. The van der Waals surface area contributed by atoms with Gasteiger partial charge in [0.15, 0.2) is 5.71 Å². The minimum Gasteiger partial charge on any atom is -0.494 e. The number of hydrogen-bond donors (Lipinski definition) is 5. The van der Waals surface area contributed by atoms with E-state index in [9.17, 15) is 54.1 Å². The largest absolute Gasteiger partial charge is 0.494 e. The van der Waals surface area contributed by atoms with Crippen LogP contribution in [0.25, 0.3) is 5.57 Å². The third-order valence-corrected chi connectivity index (χ3v) is 15.6. The maximum Gasteiger partial charge on any atom is 0.294 e. The van der Waals surface area contributed by atoms with Crippen molar-refractivity contribution >= 4 is 65.1 Å². The van der Waals surface area contributed by atoms with Crippen LogP contribution in [0.4, 0.5) is 11.4 Å². The van der Waals surface area contributed by atoms with Crippen LogP contribution in [-0.2, 0) is 57.6 Å². The topological polar surface area (TPSA) is 274 Å². The molecule has 0 atom stereocenters. The molecule has 5 N–H and O–H groups in total. The van der Waals surface area contributed by atoms with Crippen molar-refractivity contribution in [2.75, 3.05) is 29.5 Å². The molecule has 360 valence electrons. The standard InChI is InChI=1S/C45H52N4O14S4/c1-28-33(27-46)42(50)47(6)43(51)40(28)41-29(13-19-38-44(2,3)34-25-31(64-63-62-52)15-17-36(34)48(38)21-7-9-23-65(53,54)55)11-12-30(41)14-20-39-45(4,5)35-26-32(67(59,60)61)16-18-37(35)49(39)22-8-10-24-66(56,57)58/h13-20,25-26H,7-12,21-24H2,1-6H3,(H4,52,53,54,55,56,57,58,59,60,61)/p+1/b30-14?,39-20+. The summed E-state index contributed by atoms with van der Waals surface area (Å²) in [5, 5.41) is 34.5. The molecule has 1 aromatic heterocycles. The van der Waals surface area contributed by atoms with Crippen LogP contribution >= 0.6 is 12.0 Å². The quantitative estimate of drug-likeness (QED) is 0.0213. The number of nitrogens with zero attached hydrogens (tertiary/aromatic N) is 4. The van der Waals surface area contributed by atoms with E-state index in [1.54, 1.807) is 19.1 Å². The Morgan fingerprint density at radius 2 is 1.55 bits per heavy atom. The van der Waals surface area contributed by atoms with Gasteiger partial charge in [-0.2, -0.15) is 35.1 Å². The predicted octanol–water partition coefficient (Wildman–Crippen LogP) is 7.07. The molecule has 2 aromatic carbocycles. The molecule has 0 fully saturated rings. The lowest BCUT2D eigenvalue weighted by molar-refractivity contribution is -0.438. The number of fused-ring (bicyclic) bond motifs is 2. The van der Waals surface area contributed by atoms with Crippen LogP contribution in [0.2, 0.25) is 0 Å². The van der Waals surface area contributed by atoms with Gasteiger partial charge in [-0.25, -0.2) is 5.26 Å². The zero-order valence-electron chi connectivity index (χ0n) is 37.7. The van der Waals surface area contributed by atoms with E-state index in [1.807, 2.05) is 75.1 Å². The molecule has 0 bridgehead atoms. The Labute approximate surface area is 394 Å². The second-order valence-electron chi connectivity index (χ2n) is 17.6. The van der Waals surface area contributed by atoms with Gasteiger partial charge < -0.3 is 10.0 Å². The number of rotatable bonds is 18. The van der Waals surface area contributed by atoms with Gasteiger partial charge in [0.25, 0.3) is 35.9 Å². The highest BCUT2D eigenvalue weighted by molar-refractivity contribution is 7.94. The molecule has 1 aliphatic carbocycles. The average Bonchev–Trinajstić information content (AvgIpc) is 3.80. The molecule has 67 heavy (non-hydrogen) atoms. The van der Waals surface area contributed by atoms with Crippen molar-refractivity contribution in [1.29, 1.82) is 5.26 Å². The van der Waals surface area contributed by atoms with E-state index < -0.39 is 58.2 Å². The Morgan fingerprint density at radius 1 is 0.881 bits per heavy atom. The van der Waals surface area contributed by atoms with Gasteiger partial charge in [0.1, 0.15) is 18.2 Å². The number of nitriles is 1. The third kappa shape index (κ3) is 10.9. The van der Waals surface area contributed by atoms with Crippen LogP contribution in [-0.4, -0.2) is 88.7 Å². The van der Waals surface area contributed by atoms with E-state index in [0.29, 0.717) is 59.6 Å². The van der Waals surface area contributed by atoms with Crippen molar-refractivity contribution in [2.45, 2.75) is 93.8 Å². The molecular weight excluding hydrogens is 949 g/mol. The van der Waals surface area contributed by atoms with E-state index in [4.69, 9.17) is 9.59 Å². The summed E-state index contributed by atoms with van der Waals surface area (Å²) < 4.78 is 107. The molecule has 0 saturated carbocycles. The van der Waals surface area contributed by atoms with Gasteiger partial charge in [-0.05, 0) is 117 Å². The molecule has 0 unspecified atom stereocenters. The first-order valence-corrected chi connectivity index (χ1v) is 26.5. The Bertz CT molecular complexity index is 3120. The summed E-state index contributed by atoms with van der Waals surface area (Å²) in [4.78, 5) is 15.5. The number of hydrogen-bond acceptors (Lipinski definition) is 14. The number of allylic oxidation sites excluding steroid dienone is 8. The summed E-state index contributed by atoms with van der Waals surface area (Å²) >= 11 is 0.801. The van der Waals surface area contributed by atoms with Crippen LogP contribution in [0, 0.1) is 18.3 Å². The normalized spacial score (nSPS) is 18.2. The first-order chi connectivity index (χ1) is 31.2. The van der Waals surface area contributed by atoms with Crippen LogP contribution < -0.4 is 10.5 Å². The summed E-state index contributed by atoms with van der Waals surface area (Å²) in [5.74, 6) is -1.23. The van der Waals surface area contributed by atoms with Crippen LogP contribution in [0.1, 0.15) is 94.0 Å². The third-order valence-electron chi connectivity index (χ3n) is 12.6. The predicted molar refractivity (Wildman–Crippen MR) is 252 cm³/mol. The lowest BCUT2D eigenvalue weighted by atomic mass is 9.81. The van der Waals surface area contributed by atoms with Crippen molar-refractivity contribution in [3.8, 4) is 11.9 Å². The summed E-state index contributed by atoms with van der Waals surface area (Å²) in [6.45, 7) is 10.0. The Hall–Kier alpha value is -4.93. The zero-order valence-corrected chi connectivity index (χ0v) is 40.9. The number of benzene rings is 2. The smallest absolute Gasteiger partial charge is 0.294 e. The summed E-state index contributed by atoms with van der Waals surface area (Å²) in [7, 11) is -11.6. The zero-order chi connectivity index (χ0) is 49.4. The van der Waals surface area contributed by atoms with Crippen molar-refractivity contribution < 1.29 is 63.2 Å². The first-order valence-electron chi connectivity index (χ1n) is 21.1. The highest BCUT2D eigenvalue weighted by atomic mass is 32.2. The molecule has 3 aromatic rings. The van der Waals surface area contributed by atoms with E-state index in [0.717, 1.165) is 44.7 Å². The van der Waals surface area contributed by atoms with Crippen molar-refractivity contribution in [3.63, 3.8) is 0 Å². The molecule has 18 nitrogen and oxygen atoms in total. The maximum atomic E-state index is 13.2. The fraction of sp³-hybridized carbons (Fsp3) is 0.400. The monoisotopic (exact) mass is 1000 g/mol. The Kier molecular flexibility index (Phi) is 15.0. The molecule has 0 radical (unpaired) electrons. The van der Waals surface area contributed by atoms with E-state index in [2.05, 4.69) is 9.61 Å². The minimum atomic E-state index is -4.57. The summed E-state index contributed by atoms with van der Waals surface area (Å²) in [5.41, 5.74) is 4.62. The van der Waals surface area contributed by atoms with E-state index in [1.165, 1.54) is 19.2 Å². The van der Waals surface area contributed by atoms with Gasteiger partial charge in [0.2, 0.25) is 11.6 Å². The lowest BCUT2D eigenvalue weighted by Gasteiger charge is -2.27. The van der Waals surface area contributed by atoms with Gasteiger partial charge in [-0.3, -0.25) is 23.0 Å². The van der Waals surface area contributed by atoms with Crippen LogP contribution in [0.15, 0.2) is 92.1 Å². The Balaban J connectivity index is 1.53. The number of anilines is 1. The molecule has 22 heteroatoms. The summed E-state index contributed by atoms with van der Waals surface area (Å²) in [6, 6.07) is 11.8. The SMILES string of the molecule is Cc1c(C2=C(C=CC3=[N+](CCCCS(=O)(=O)O)c4ccc(SOOO)cc4C3(C)C)CCC2=C/C=C2/N(CCCCS(=O)(=O)O)c3ccc(S(=O)(=O)O)cc3C2(C)C)c(O)n(C)c(=O)c1C#N. The van der Waals surface area contributed by atoms with Gasteiger partial charge in [-0.1, -0.05) is 31.0 Å². The van der Waals surface area contributed by atoms with E-state index in [-0.39, 0.29) is 46.9 Å². The molecule has 0 saturated heterocycles.